The van der Waals surface area contributed by atoms with Gasteiger partial charge in [-0.05, 0) is 43.7 Å². The van der Waals surface area contributed by atoms with Crippen molar-refractivity contribution in [1.29, 1.82) is 0 Å². The van der Waals surface area contributed by atoms with Crippen molar-refractivity contribution in [2.75, 3.05) is 31.6 Å². The number of carbonyl (C=O) groups excluding carboxylic acids is 1. The van der Waals surface area contributed by atoms with E-state index in [1.54, 1.807) is 24.1 Å². The lowest BCUT2D eigenvalue weighted by Crippen LogP contribution is -2.32. The number of nitro benzene ring substituents is 1. The molecular formula is C19H27N3O3. The lowest BCUT2D eigenvalue weighted by atomic mass is 9.89. The van der Waals surface area contributed by atoms with Crippen LogP contribution in [0, 0.1) is 16.0 Å². The first-order chi connectivity index (χ1) is 12.1. The van der Waals surface area contributed by atoms with Gasteiger partial charge in [0.25, 0.3) is 11.6 Å². The quantitative estimate of drug-likeness (QED) is 0.600. The van der Waals surface area contributed by atoms with Gasteiger partial charge in [-0.3, -0.25) is 14.9 Å². The van der Waals surface area contributed by atoms with Crippen molar-refractivity contribution in [2.45, 2.75) is 44.9 Å². The van der Waals surface area contributed by atoms with E-state index in [4.69, 9.17) is 0 Å². The molecule has 0 atom stereocenters. The zero-order valence-electron chi connectivity index (χ0n) is 14.9. The van der Waals surface area contributed by atoms with E-state index in [2.05, 4.69) is 0 Å². The molecule has 6 heteroatoms. The topological polar surface area (TPSA) is 66.7 Å². The Morgan fingerprint density at radius 1 is 1.20 bits per heavy atom. The van der Waals surface area contributed by atoms with Gasteiger partial charge in [-0.2, -0.15) is 0 Å². The van der Waals surface area contributed by atoms with Crippen LogP contribution >= 0.6 is 0 Å². The van der Waals surface area contributed by atoms with E-state index in [0.717, 1.165) is 32.5 Å². The maximum atomic E-state index is 12.7. The fraction of sp³-hybridized carbons (Fsp3) is 0.632. The van der Waals surface area contributed by atoms with Crippen LogP contribution in [-0.4, -0.2) is 42.4 Å². The molecule has 0 unspecified atom stereocenters. The van der Waals surface area contributed by atoms with Gasteiger partial charge in [0.2, 0.25) is 0 Å². The molecule has 1 amide bonds. The highest BCUT2D eigenvalue weighted by Crippen LogP contribution is 2.32. The molecule has 0 spiro atoms. The Hall–Kier alpha value is -2.11. The minimum atomic E-state index is -0.369. The van der Waals surface area contributed by atoms with E-state index in [9.17, 15) is 14.9 Å². The Morgan fingerprint density at radius 3 is 2.52 bits per heavy atom. The Morgan fingerprint density at radius 2 is 1.88 bits per heavy atom. The Labute approximate surface area is 148 Å². The predicted octanol–water partition coefficient (Wildman–Crippen LogP) is 3.85. The number of carbonyl (C=O) groups is 1. The molecule has 2 fully saturated rings. The first kappa shape index (κ1) is 17.7. The van der Waals surface area contributed by atoms with Crippen molar-refractivity contribution >= 4 is 17.3 Å². The molecular weight excluding hydrogens is 318 g/mol. The fourth-order valence-electron chi connectivity index (χ4n) is 4.09. The van der Waals surface area contributed by atoms with Crippen molar-refractivity contribution in [3.8, 4) is 0 Å². The zero-order valence-corrected chi connectivity index (χ0v) is 14.9. The molecule has 1 aliphatic heterocycles. The molecule has 136 valence electrons. The monoisotopic (exact) mass is 345 g/mol. The molecule has 0 bridgehead atoms. The summed E-state index contributed by atoms with van der Waals surface area (Å²) in [6.45, 7) is 2.42. The van der Waals surface area contributed by atoms with E-state index in [1.165, 1.54) is 38.2 Å². The Balaban J connectivity index is 1.75. The largest absolute Gasteiger partial charge is 0.366 e. The number of benzene rings is 1. The van der Waals surface area contributed by atoms with Crippen LogP contribution in [0.25, 0.3) is 0 Å². The highest BCUT2D eigenvalue weighted by atomic mass is 16.6. The van der Waals surface area contributed by atoms with Gasteiger partial charge in [0.15, 0.2) is 0 Å². The average molecular weight is 345 g/mol. The standard InChI is InChI=1S/C19H27N3O3/c1-20(14-15-7-3-2-4-8-15)19(23)16-9-10-17(18(13-16)22(24)25)21-11-5-6-12-21/h9-10,13,15H,2-8,11-12,14H2,1H3. The predicted molar refractivity (Wildman–Crippen MR) is 98.1 cm³/mol. The van der Waals surface area contributed by atoms with Crippen LogP contribution in [0.5, 0.6) is 0 Å². The highest BCUT2D eigenvalue weighted by Gasteiger charge is 2.25. The van der Waals surface area contributed by atoms with Crippen LogP contribution < -0.4 is 4.90 Å². The van der Waals surface area contributed by atoms with Crippen LogP contribution in [0.1, 0.15) is 55.3 Å². The normalized spacial score (nSPS) is 18.4. The van der Waals surface area contributed by atoms with Crippen LogP contribution in [0.4, 0.5) is 11.4 Å². The first-order valence-electron chi connectivity index (χ1n) is 9.35. The lowest BCUT2D eigenvalue weighted by Gasteiger charge is -2.27. The summed E-state index contributed by atoms with van der Waals surface area (Å²) in [5.74, 6) is 0.434. The molecule has 1 aromatic rings. The van der Waals surface area contributed by atoms with Gasteiger partial charge in [-0.25, -0.2) is 0 Å². The molecule has 1 saturated carbocycles. The second-order valence-electron chi connectivity index (χ2n) is 7.34. The molecule has 0 aromatic heterocycles. The third kappa shape index (κ3) is 4.11. The van der Waals surface area contributed by atoms with Gasteiger partial charge in [0.1, 0.15) is 5.69 Å². The molecule has 1 aromatic carbocycles. The lowest BCUT2D eigenvalue weighted by molar-refractivity contribution is -0.384. The summed E-state index contributed by atoms with van der Waals surface area (Å²) < 4.78 is 0. The highest BCUT2D eigenvalue weighted by molar-refractivity contribution is 5.95. The molecule has 1 aliphatic carbocycles. The van der Waals surface area contributed by atoms with E-state index in [-0.39, 0.29) is 16.5 Å². The first-order valence-corrected chi connectivity index (χ1v) is 9.35. The smallest absolute Gasteiger partial charge is 0.293 e. The molecule has 2 aliphatic rings. The Kier molecular flexibility index (Phi) is 5.56. The number of amides is 1. The van der Waals surface area contributed by atoms with Gasteiger partial charge >= 0.3 is 0 Å². The van der Waals surface area contributed by atoms with Crippen molar-refractivity contribution in [1.82, 2.24) is 4.90 Å². The van der Waals surface area contributed by atoms with Gasteiger partial charge in [-0.15, -0.1) is 0 Å². The number of anilines is 1. The third-order valence-electron chi connectivity index (χ3n) is 5.47. The van der Waals surface area contributed by atoms with Gasteiger partial charge in [0.05, 0.1) is 4.92 Å². The van der Waals surface area contributed by atoms with Crippen LogP contribution in [0.2, 0.25) is 0 Å². The van der Waals surface area contributed by atoms with Crippen molar-refractivity contribution in [2.24, 2.45) is 5.92 Å². The van der Waals surface area contributed by atoms with Gasteiger partial charge in [-0.1, -0.05) is 19.3 Å². The van der Waals surface area contributed by atoms with E-state index < -0.39 is 0 Å². The third-order valence-corrected chi connectivity index (χ3v) is 5.47. The van der Waals surface area contributed by atoms with Crippen LogP contribution in [0.15, 0.2) is 18.2 Å². The number of rotatable bonds is 5. The summed E-state index contributed by atoms with van der Waals surface area (Å²) in [6.07, 6.45) is 8.23. The van der Waals surface area contributed by atoms with Crippen molar-refractivity contribution in [3.05, 3.63) is 33.9 Å². The molecule has 0 radical (unpaired) electrons. The van der Waals surface area contributed by atoms with Gasteiger partial charge < -0.3 is 9.80 Å². The summed E-state index contributed by atoms with van der Waals surface area (Å²) in [5, 5.41) is 11.5. The SMILES string of the molecule is CN(CC1CCCCC1)C(=O)c1ccc(N2CCCC2)c([N+](=O)[O-])c1. The van der Waals surface area contributed by atoms with E-state index in [0.29, 0.717) is 17.2 Å². The fourth-order valence-corrected chi connectivity index (χ4v) is 4.09. The number of nitro groups is 1. The summed E-state index contributed by atoms with van der Waals surface area (Å²) >= 11 is 0. The molecule has 1 heterocycles. The second-order valence-corrected chi connectivity index (χ2v) is 7.34. The van der Waals surface area contributed by atoms with E-state index >= 15 is 0 Å². The zero-order chi connectivity index (χ0) is 17.8. The maximum Gasteiger partial charge on any atom is 0.293 e. The number of hydrogen-bond acceptors (Lipinski definition) is 4. The Bertz CT molecular complexity index is 635. The van der Waals surface area contributed by atoms with Gasteiger partial charge in [0, 0.05) is 38.3 Å². The minimum absolute atomic E-state index is 0.0406. The minimum Gasteiger partial charge on any atom is -0.366 e. The summed E-state index contributed by atoms with van der Waals surface area (Å²) in [7, 11) is 1.80. The summed E-state index contributed by atoms with van der Waals surface area (Å²) in [6, 6.07) is 4.93. The number of hydrogen-bond donors (Lipinski definition) is 0. The second kappa shape index (κ2) is 7.85. The summed E-state index contributed by atoms with van der Waals surface area (Å²) in [5.41, 5.74) is 1.08. The molecule has 0 N–H and O–H groups in total. The summed E-state index contributed by atoms with van der Waals surface area (Å²) in [4.78, 5) is 27.6. The maximum absolute atomic E-state index is 12.7. The van der Waals surface area contributed by atoms with Crippen LogP contribution in [0.3, 0.4) is 0 Å². The molecule has 3 rings (SSSR count). The average Bonchev–Trinajstić information content (AvgIpc) is 3.16. The molecule has 6 nitrogen and oxygen atoms in total. The van der Waals surface area contributed by atoms with Crippen molar-refractivity contribution < 1.29 is 9.72 Å². The van der Waals surface area contributed by atoms with Crippen LogP contribution in [-0.2, 0) is 0 Å². The van der Waals surface area contributed by atoms with E-state index in [1.807, 2.05) is 4.90 Å². The molecule has 25 heavy (non-hydrogen) atoms. The van der Waals surface area contributed by atoms with Crippen molar-refractivity contribution in [3.63, 3.8) is 0 Å². The number of nitrogens with zero attached hydrogens (tertiary/aromatic N) is 3. The molecule has 1 saturated heterocycles.